The van der Waals surface area contributed by atoms with Crippen molar-refractivity contribution in [2.45, 2.75) is 25.5 Å². The van der Waals surface area contributed by atoms with Crippen molar-refractivity contribution in [1.82, 2.24) is 0 Å². The van der Waals surface area contributed by atoms with E-state index < -0.39 is 0 Å². The Morgan fingerprint density at radius 3 is 2.85 bits per heavy atom. The van der Waals surface area contributed by atoms with Gasteiger partial charge in [0.1, 0.15) is 11.9 Å². The zero-order chi connectivity index (χ0) is 14.1. The first-order valence-electron chi connectivity index (χ1n) is 6.87. The smallest absolute Gasteiger partial charge is 0.123 e. The highest BCUT2D eigenvalue weighted by atomic mass is 19.1. The minimum atomic E-state index is -0.356. The van der Waals surface area contributed by atoms with Gasteiger partial charge in [0.25, 0.3) is 0 Å². The summed E-state index contributed by atoms with van der Waals surface area (Å²) in [5, 5.41) is 0. The molecule has 3 heteroatoms. The molecule has 20 heavy (non-hydrogen) atoms. The average Bonchev–Trinajstić information content (AvgIpc) is 2.45. The zero-order valence-corrected chi connectivity index (χ0v) is 11.5. The Hall–Kier alpha value is -1.71. The summed E-state index contributed by atoms with van der Waals surface area (Å²) < 4.78 is 19.4. The van der Waals surface area contributed by atoms with Crippen LogP contribution >= 0.6 is 0 Å². The number of rotatable bonds is 2. The van der Waals surface area contributed by atoms with Gasteiger partial charge in [0.15, 0.2) is 0 Å². The molecular formula is C17H18FNO. The van der Waals surface area contributed by atoms with E-state index >= 15 is 0 Å². The van der Waals surface area contributed by atoms with Crippen LogP contribution in [0.25, 0.3) is 0 Å². The van der Waals surface area contributed by atoms with Crippen LogP contribution in [0.1, 0.15) is 34.4 Å². The van der Waals surface area contributed by atoms with Gasteiger partial charge in [0.05, 0.1) is 12.6 Å². The van der Waals surface area contributed by atoms with Gasteiger partial charge < -0.3 is 10.5 Å². The zero-order valence-electron chi connectivity index (χ0n) is 11.5. The second kappa shape index (κ2) is 5.35. The molecule has 0 radical (unpaired) electrons. The van der Waals surface area contributed by atoms with Crippen LogP contribution in [0.4, 0.5) is 4.39 Å². The van der Waals surface area contributed by atoms with E-state index in [9.17, 15) is 4.39 Å². The van der Waals surface area contributed by atoms with Gasteiger partial charge >= 0.3 is 0 Å². The Kier molecular flexibility index (Phi) is 3.55. The van der Waals surface area contributed by atoms with Gasteiger partial charge in [-0.05, 0) is 47.7 Å². The summed E-state index contributed by atoms with van der Waals surface area (Å²) in [6.07, 6.45) is 0.697. The number of ether oxygens (including phenoxy) is 1. The van der Waals surface area contributed by atoms with E-state index in [1.54, 1.807) is 0 Å². The van der Waals surface area contributed by atoms with Crippen LogP contribution in [-0.2, 0) is 11.2 Å². The standard InChI is InChI=1S/C17H18FNO/c1-11-8-13(10-14(18)9-11)16(19)17-15-5-3-2-4-12(15)6-7-20-17/h2-5,8-10,16-17H,6-7,19H2,1H3. The lowest BCUT2D eigenvalue weighted by Crippen LogP contribution is -2.27. The number of hydrogen-bond acceptors (Lipinski definition) is 2. The fourth-order valence-corrected chi connectivity index (χ4v) is 2.85. The lowest BCUT2D eigenvalue weighted by molar-refractivity contribution is 0.0240. The van der Waals surface area contributed by atoms with E-state index in [2.05, 4.69) is 6.07 Å². The van der Waals surface area contributed by atoms with E-state index in [-0.39, 0.29) is 18.0 Å². The predicted molar refractivity (Wildman–Crippen MR) is 76.9 cm³/mol. The van der Waals surface area contributed by atoms with Crippen LogP contribution in [0.5, 0.6) is 0 Å². The molecule has 2 nitrogen and oxygen atoms in total. The van der Waals surface area contributed by atoms with Crippen LogP contribution in [0.15, 0.2) is 42.5 Å². The number of fused-ring (bicyclic) bond motifs is 1. The third-order valence-corrected chi connectivity index (χ3v) is 3.81. The van der Waals surface area contributed by atoms with Gasteiger partial charge in [-0.1, -0.05) is 30.3 Å². The van der Waals surface area contributed by atoms with Crippen LogP contribution in [0.2, 0.25) is 0 Å². The molecule has 3 rings (SSSR count). The molecule has 2 aromatic carbocycles. The molecule has 2 unspecified atom stereocenters. The topological polar surface area (TPSA) is 35.2 Å². The molecular weight excluding hydrogens is 253 g/mol. The van der Waals surface area contributed by atoms with Crippen molar-refractivity contribution in [3.63, 3.8) is 0 Å². The van der Waals surface area contributed by atoms with Gasteiger partial charge in [0.2, 0.25) is 0 Å². The fourth-order valence-electron chi connectivity index (χ4n) is 2.85. The maximum atomic E-state index is 13.6. The Morgan fingerprint density at radius 1 is 1.25 bits per heavy atom. The molecule has 0 fully saturated rings. The van der Waals surface area contributed by atoms with E-state index in [1.807, 2.05) is 31.2 Å². The SMILES string of the molecule is Cc1cc(F)cc(C(N)C2OCCc3ccccc32)c1. The lowest BCUT2D eigenvalue weighted by atomic mass is 9.90. The van der Waals surface area contributed by atoms with Crippen molar-refractivity contribution in [3.05, 3.63) is 70.5 Å². The largest absolute Gasteiger partial charge is 0.371 e. The van der Waals surface area contributed by atoms with Crippen molar-refractivity contribution in [2.24, 2.45) is 5.73 Å². The molecule has 1 aliphatic heterocycles. The molecule has 1 heterocycles. The monoisotopic (exact) mass is 271 g/mol. The summed E-state index contributed by atoms with van der Waals surface area (Å²) >= 11 is 0. The molecule has 0 bridgehead atoms. The first-order valence-corrected chi connectivity index (χ1v) is 6.87. The number of aryl methyl sites for hydroxylation is 1. The fraction of sp³-hybridized carbons (Fsp3) is 0.294. The highest BCUT2D eigenvalue weighted by molar-refractivity contribution is 5.35. The molecule has 0 aromatic heterocycles. The third kappa shape index (κ3) is 2.47. The lowest BCUT2D eigenvalue weighted by Gasteiger charge is -2.30. The quantitative estimate of drug-likeness (QED) is 0.908. The van der Waals surface area contributed by atoms with E-state index in [4.69, 9.17) is 10.5 Å². The Bertz CT molecular complexity index is 606. The molecule has 104 valence electrons. The second-order valence-corrected chi connectivity index (χ2v) is 5.33. The number of benzene rings is 2. The van der Waals surface area contributed by atoms with Crippen molar-refractivity contribution < 1.29 is 9.13 Å². The van der Waals surface area contributed by atoms with E-state index in [1.165, 1.54) is 17.7 Å². The van der Waals surface area contributed by atoms with E-state index in [0.717, 1.165) is 23.1 Å². The Balaban J connectivity index is 1.97. The van der Waals surface area contributed by atoms with Crippen LogP contribution in [-0.4, -0.2) is 6.61 Å². The first-order chi connectivity index (χ1) is 9.65. The van der Waals surface area contributed by atoms with Crippen molar-refractivity contribution >= 4 is 0 Å². The predicted octanol–water partition coefficient (Wildman–Crippen LogP) is 3.45. The van der Waals surface area contributed by atoms with Crippen molar-refractivity contribution in [3.8, 4) is 0 Å². The Labute approximate surface area is 118 Å². The summed E-state index contributed by atoms with van der Waals surface area (Å²) in [5.41, 5.74) is 10.4. The molecule has 2 aromatic rings. The normalized spacial score (nSPS) is 19.4. The molecule has 2 N–H and O–H groups in total. The molecule has 2 atom stereocenters. The number of halogens is 1. The third-order valence-electron chi connectivity index (χ3n) is 3.81. The van der Waals surface area contributed by atoms with Crippen molar-refractivity contribution in [2.75, 3.05) is 6.61 Å². The summed E-state index contributed by atoms with van der Waals surface area (Å²) in [6.45, 7) is 2.53. The number of hydrogen-bond donors (Lipinski definition) is 1. The van der Waals surface area contributed by atoms with Crippen LogP contribution < -0.4 is 5.73 Å². The highest BCUT2D eigenvalue weighted by Gasteiger charge is 2.27. The first kappa shape index (κ1) is 13.3. The summed E-state index contributed by atoms with van der Waals surface area (Å²) in [6, 6.07) is 12.7. The summed E-state index contributed by atoms with van der Waals surface area (Å²) in [7, 11) is 0. The van der Waals surface area contributed by atoms with Crippen LogP contribution in [0, 0.1) is 12.7 Å². The summed E-state index contributed by atoms with van der Waals surface area (Å²) in [4.78, 5) is 0. The molecule has 0 aliphatic carbocycles. The average molecular weight is 271 g/mol. The minimum absolute atomic E-state index is 0.207. The molecule has 0 amide bonds. The van der Waals surface area contributed by atoms with Gasteiger partial charge in [-0.3, -0.25) is 0 Å². The molecule has 1 aliphatic rings. The molecule has 0 saturated heterocycles. The highest BCUT2D eigenvalue weighted by Crippen LogP contribution is 2.35. The maximum absolute atomic E-state index is 13.6. The van der Waals surface area contributed by atoms with Crippen LogP contribution in [0.3, 0.4) is 0 Å². The maximum Gasteiger partial charge on any atom is 0.123 e. The van der Waals surface area contributed by atoms with Gasteiger partial charge in [-0.2, -0.15) is 0 Å². The van der Waals surface area contributed by atoms with Crippen molar-refractivity contribution in [1.29, 1.82) is 0 Å². The second-order valence-electron chi connectivity index (χ2n) is 5.33. The summed E-state index contributed by atoms with van der Waals surface area (Å²) in [5.74, 6) is -0.250. The number of nitrogens with two attached hydrogens (primary N) is 1. The Morgan fingerprint density at radius 2 is 2.05 bits per heavy atom. The van der Waals surface area contributed by atoms with E-state index in [0.29, 0.717) is 6.61 Å². The minimum Gasteiger partial charge on any atom is -0.371 e. The molecule has 0 saturated carbocycles. The van der Waals surface area contributed by atoms with Gasteiger partial charge in [0, 0.05) is 0 Å². The van der Waals surface area contributed by atoms with Gasteiger partial charge in [-0.25, -0.2) is 4.39 Å². The van der Waals surface area contributed by atoms with Gasteiger partial charge in [-0.15, -0.1) is 0 Å². The molecule has 0 spiro atoms.